The lowest BCUT2D eigenvalue weighted by Crippen LogP contribution is -2.48. The molecule has 9 heteroatoms. The van der Waals surface area contributed by atoms with E-state index in [4.69, 9.17) is 0 Å². The first kappa shape index (κ1) is 22.7. The number of benzene rings is 2. The molecule has 1 aromatic heterocycles. The van der Waals surface area contributed by atoms with Gasteiger partial charge in [0, 0.05) is 42.5 Å². The largest absolute Gasteiger partial charge is 0.371 e. The lowest BCUT2D eigenvalue weighted by atomic mass is 10.0. The van der Waals surface area contributed by atoms with Gasteiger partial charge in [-0.25, -0.2) is 12.8 Å². The summed E-state index contributed by atoms with van der Waals surface area (Å²) in [6.45, 7) is 1.74. The second-order valence-corrected chi connectivity index (χ2v) is 12.2. The van der Waals surface area contributed by atoms with Crippen LogP contribution in [0.3, 0.4) is 0 Å². The monoisotopic (exact) mass is 495 g/mol. The van der Waals surface area contributed by atoms with Crippen molar-refractivity contribution in [2.75, 3.05) is 18.0 Å². The number of piperidine rings is 1. The molecule has 2 saturated heterocycles. The fourth-order valence-corrected chi connectivity index (χ4v) is 8.20. The lowest BCUT2D eigenvalue weighted by molar-refractivity contribution is 0.243. The zero-order chi connectivity index (χ0) is 24.0. The number of hydrogen-bond donors (Lipinski definition) is 0. The van der Waals surface area contributed by atoms with Gasteiger partial charge in [-0.15, -0.1) is 10.2 Å². The molecule has 0 bridgehead atoms. The third-order valence-electron chi connectivity index (χ3n) is 8.10. The Morgan fingerprint density at radius 2 is 1.66 bits per heavy atom. The minimum absolute atomic E-state index is 0.0908. The van der Waals surface area contributed by atoms with Crippen molar-refractivity contribution in [1.29, 1.82) is 0 Å². The average molecular weight is 496 g/mol. The van der Waals surface area contributed by atoms with Crippen LogP contribution >= 0.6 is 0 Å². The molecule has 1 unspecified atom stereocenters. The van der Waals surface area contributed by atoms with E-state index in [1.165, 1.54) is 0 Å². The maximum Gasteiger partial charge on any atom is 0.221 e. The van der Waals surface area contributed by atoms with E-state index in [1.54, 1.807) is 29.1 Å². The summed E-state index contributed by atoms with van der Waals surface area (Å²) in [5, 5.41) is 7.22. The molecule has 3 heterocycles. The van der Waals surface area contributed by atoms with Crippen LogP contribution in [0.2, 0.25) is 0 Å². The molecular formula is C26H30FN5O2S. The zero-order valence-electron chi connectivity index (χ0n) is 19.6. The van der Waals surface area contributed by atoms with Gasteiger partial charge in [0.25, 0.3) is 0 Å². The predicted octanol–water partition coefficient (Wildman–Crippen LogP) is 4.46. The second-order valence-electron chi connectivity index (χ2n) is 10.1. The van der Waals surface area contributed by atoms with Crippen molar-refractivity contribution in [2.45, 2.75) is 61.9 Å². The van der Waals surface area contributed by atoms with Crippen molar-refractivity contribution in [2.24, 2.45) is 0 Å². The van der Waals surface area contributed by atoms with Crippen molar-refractivity contribution in [3.05, 3.63) is 78.1 Å². The topological polar surface area (TPSA) is 71.3 Å². The Labute approximate surface area is 205 Å². The van der Waals surface area contributed by atoms with Crippen molar-refractivity contribution in [3.63, 3.8) is 0 Å². The molecule has 35 heavy (non-hydrogen) atoms. The normalized spacial score (nSPS) is 24.0. The molecule has 1 saturated carbocycles. The highest BCUT2D eigenvalue weighted by Crippen LogP contribution is 2.55. The molecule has 2 aliphatic heterocycles. The highest BCUT2D eigenvalue weighted by Gasteiger charge is 2.57. The van der Waals surface area contributed by atoms with Gasteiger partial charge in [-0.1, -0.05) is 36.4 Å². The number of sulfonamides is 1. The van der Waals surface area contributed by atoms with E-state index >= 15 is 4.39 Å². The average Bonchev–Trinajstić information content (AvgIpc) is 3.42. The molecule has 2 aromatic carbocycles. The van der Waals surface area contributed by atoms with Crippen molar-refractivity contribution in [1.82, 2.24) is 19.1 Å². The number of aromatic nitrogens is 3. The molecule has 184 valence electrons. The second kappa shape index (κ2) is 8.71. The Balaban J connectivity index is 1.19. The summed E-state index contributed by atoms with van der Waals surface area (Å²) in [7, 11) is -3.59. The van der Waals surface area contributed by atoms with Crippen molar-refractivity contribution >= 4 is 15.7 Å². The number of halogens is 1. The summed E-state index contributed by atoms with van der Waals surface area (Å²) in [6.07, 6.45) is 8.54. The van der Waals surface area contributed by atoms with Gasteiger partial charge in [0.15, 0.2) is 0 Å². The van der Waals surface area contributed by atoms with E-state index in [0.717, 1.165) is 56.4 Å². The van der Waals surface area contributed by atoms with Crippen LogP contribution in [-0.2, 0) is 16.6 Å². The number of hydrogen-bond acceptors (Lipinski definition) is 5. The van der Waals surface area contributed by atoms with Gasteiger partial charge >= 0.3 is 0 Å². The number of anilines is 1. The van der Waals surface area contributed by atoms with Crippen LogP contribution in [0.4, 0.5) is 10.1 Å². The van der Waals surface area contributed by atoms with E-state index in [9.17, 15) is 8.42 Å². The molecule has 0 amide bonds. The fourth-order valence-electron chi connectivity index (χ4n) is 5.84. The molecule has 3 fully saturated rings. The lowest BCUT2D eigenvalue weighted by Gasteiger charge is -2.40. The smallest absolute Gasteiger partial charge is 0.221 e. The van der Waals surface area contributed by atoms with E-state index in [-0.39, 0.29) is 17.9 Å². The third-order valence-corrected chi connectivity index (χ3v) is 10.5. The first-order chi connectivity index (χ1) is 17.0. The van der Waals surface area contributed by atoms with Gasteiger partial charge in [-0.2, -0.15) is 4.31 Å². The maximum atomic E-state index is 15.3. The summed E-state index contributed by atoms with van der Waals surface area (Å²) >= 11 is 0. The highest BCUT2D eigenvalue weighted by molar-refractivity contribution is 7.89. The minimum atomic E-state index is -3.59. The minimum Gasteiger partial charge on any atom is -0.371 e. The van der Waals surface area contributed by atoms with Crippen LogP contribution in [0.15, 0.2) is 61.2 Å². The third kappa shape index (κ3) is 4.14. The molecular weight excluding hydrogens is 465 g/mol. The SMILES string of the molecule is O=S1(=O)C(c2ccccc2)CCC2(CC2)N1Cc1ccc(N2CCC(n3cnnc3)CC2)cc1F. The zero-order valence-corrected chi connectivity index (χ0v) is 20.4. The summed E-state index contributed by atoms with van der Waals surface area (Å²) < 4.78 is 46.4. The molecule has 1 aliphatic carbocycles. The molecule has 6 rings (SSSR count). The summed E-state index contributed by atoms with van der Waals surface area (Å²) in [6, 6.07) is 15.1. The summed E-state index contributed by atoms with van der Waals surface area (Å²) in [5.41, 5.74) is 1.77. The van der Waals surface area contributed by atoms with Crippen molar-refractivity contribution in [3.8, 4) is 0 Å². The molecule has 0 N–H and O–H groups in total. The predicted molar refractivity (Wildman–Crippen MR) is 132 cm³/mol. The Bertz CT molecular complexity index is 1290. The summed E-state index contributed by atoms with van der Waals surface area (Å²) in [4.78, 5) is 2.19. The molecule has 1 atom stereocenters. The Kier molecular flexibility index (Phi) is 5.64. The first-order valence-electron chi connectivity index (χ1n) is 12.4. The van der Waals surface area contributed by atoms with Crippen LogP contribution in [0.25, 0.3) is 0 Å². The molecule has 3 aliphatic rings. The van der Waals surface area contributed by atoms with Crippen molar-refractivity contribution < 1.29 is 12.8 Å². The summed E-state index contributed by atoms with van der Waals surface area (Å²) in [5.74, 6) is -0.337. The maximum absolute atomic E-state index is 15.3. The molecule has 7 nitrogen and oxygen atoms in total. The Hall–Kier alpha value is -2.78. The van der Waals surface area contributed by atoms with Gasteiger partial charge in [-0.3, -0.25) is 0 Å². The van der Waals surface area contributed by atoms with E-state index in [0.29, 0.717) is 18.0 Å². The Morgan fingerprint density at radius 1 is 0.943 bits per heavy atom. The highest BCUT2D eigenvalue weighted by atomic mass is 32.2. The van der Waals surface area contributed by atoms with E-state index < -0.39 is 15.3 Å². The van der Waals surface area contributed by atoms with Gasteiger partial charge in [0.2, 0.25) is 10.0 Å². The fraction of sp³-hybridized carbons (Fsp3) is 0.462. The molecule has 3 aromatic rings. The van der Waals surface area contributed by atoms with E-state index in [2.05, 4.69) is 15.1 Å². The van der Waals surface area contributed by atoms with Crippen LogP contribution in [0, 0.1) is 5.82 Å². The van der Waals surface area contributed by atoms with Crippen LogP contribution < -0.4 is 4.90 Å². The van der Waals surface area contributed by atoms with E-state index in [1.807, 2.05) is 41.0 Å². The van der Waals surface area contributed by atoms with Gasteiger partial charge in [0.1, 0.15) is 23.7 Å². The van der Waals surface area contributed by atoms with Gasteiger partial charge in [-0.05, 0) is 56.2 Å². The number of nitrogens with zero attached hydrogens (tertiary/aromatic N) is 5. The number of rotatable bonds is 5. The molecule has 0 radical (unpaired) electrons. The first-order valence-corrected chi connectivity index (χ1v) is 13.9. The molecule has 1 spiro atoms. The van der Waals surface area contributed by atoms with Gasteiger partial charge < -0.3 is 9.47 Å². The van der Waals surface area contributed by atoms with Crippen LogP contribution in [0.5, 0.6) is 0 Å². The Morgan fingerprint density at radius 3 is 2.31 bits per heavy atom. The quantitative estimate of drug-likeness (QED) is 0.523. The van der Waals surface area contributed by atoms with Crippen LogP contribution in [0.1, 0.15) is 60.9 Å². The van der Waals surface area contributed by atoms with Crippen LogP contribution in [-0.4, -0.2) is 46.1 Å². The van der Waals surface area contributed by atoms with Gasteiger partial charge in [0.05, 0.1) is 0 Å². The standard InChI is InChI=1S/C26H30FN5O2S/c27-24-16-23(30-14-9-22(10-15-30)31-18-28-29-19-31)7-6-21(24)17-32-26(12-13-26)11-8-25(35(32,33)34)20-4-2-1-3-5-20/h1-7,16,18-19,22,25H,8-15,17H2.